The van der Waals surface area contributed by atoms with Crippen LogP contribution in [-0.4, -0.2) is 41.0 Å². The Kier molecular flexibility index (Phi) is 39.5. The summed E-state index contributed by atoms with van der Waals surface area (Å²) < 4.78 is 26.4. The molecule has 0 spiro atoms. The lowest BCUT2D eigenvalue weighted by Crippen LogP contribution is -2.29. The molecule has 0 aromatic rings. The molecule has 314 valence electrons. The van der Waals surface area contributed by atoms with Crippen LogP contribution < -0.4 is 0 Å². The van der Waals surface area contributed by atoms with E-state index in [0.29, 0.717) is 6.42 Å². The van der Waals surface area contributed by atoms with Gasteiger partial charge in [0.25, 0.3) is 0 Å². The van der Waals surface area contributed by atoms with Crippen LogP contribution >= 0.6 is 7.82 Å². The van der Waals surface area contributed by atoms with Crippen molar-refractivity contribution in [3.8, 4) is 0 Å². The largest absolute Gasteiger partial charge is 0.469 e. The van der Waals surface area contributed by atoms with Gasteiger partial charge in [-0.3, -0.25) is 14.1 Å². The van der Waals surface area contributed by atoms with Crippen molar-refractivity contribution >= 4 is 19.8 Å². The molecule has 0 aliphatic rings. The number of rotatable bonds is 42. The number of ether oxygens (including phenoxy) is 2. The zero-order valence-corrected chi connectivity index (χ0v) is 35.6. The maximum Gasteiger partial charge on any atom is 0.469 e. The summed E-state index contributed by atoms with van der Waals surface area (Å²) in [5.41, 5.74) is 0. The molecule has 0 rings (SSSR count). The average Bonchev–Trinajstić information content (AvgIpc) is 3.13. The summed E-state index contributed by atoms with van der Waals surface area (Å²) in [6.45, 7) is 3.70. The van der Waals surface area contributed by atoms with E-state index in [1.54, 1.807) is 0 Å². The lowest BCUT2D eigenvalue weighted by atomic mass is 10.0. The minimum absolute atomic E-state index is 0.206. The third kappa shape index (κ3) is 43.4. The van der Waals surface area contributed by atoms with E-state index in [4.69, 9.17) is 19.3 Å². The third-order valence-corrected chi connectivity index (χ3v) is 10.5. The molecule has 53 heavy (non-hydrogen) atoms. The Labute approximate surface area is 327 Å². The molecule has 2 N–H and O–H groups in total. The Morgan fingerprint density at radius 3 is 1.15 bits per heavy atom. The number of allylic oxidation sites excluding steroid dienone is 2. The standard InChI is InChI=1S/C44H85O8P/c1-3-5-7-9-11-13-15-17-19-20-21-22-23-24-25-27-28-30-32-34-36-38-43(45)50-40-42(41-51-53(47,48)49)52-44(46)39-37-35-33-31-29-26-18-16-14-12-10-8-6-4-2/h16,18,42H,3-15,17,19-41H2,1-2H3,(H2,47,48,49)/b18-16-. The maximum absolute atomic E-state index is 12.4. The van der Waals surface area contributed by atoms with Gasteiger partial charge in [-0.25, -0.2) is 4.57 Å². The molecule has 0 aliphatic carbocycles. The minimum atomic E-state index is -4.75. The van der Waals surface area contributed by atoms with Gasteiger partial charge in [-0.05, 0) is 38.5 Å². The normalized spacial score (nSPS) is 12.5. The van der Waals surface area contributed by atoms with E-state index >= 15 is 0 Å². The summed E-state index contributed by atoms with van der Waals surface area (Å²) in [5, 5.41) is 0. The van der Waals surface area contributed by atoms with Gasteiger partial charge in [-0.15, -0.1) is 0 Å². The van der Waals surface area contributed by atoms with Gasteiger partial charge in [0.1, 0.15) is 6.61 Å². The fourth-order valence-electron chi connectivity index (χ4n) is 6.66. The molecule has 0 saturated heterocycles. The van der Waals surface area contributed by atoms with Gasteiger partial charge in [-0.2, -0.15) is 0 Å². The Morgan fingerprint density at radius 1 is 0.472 bits per heavy atom. The Morgan fingerprint density at radius 2 is 0.792 bits per heavy atom. The number of phosphoric ester groups is 1. The molecule has 0 amide bonds. The van der Waals surface area contributed by atoms with Crippen molar-refractivity contribution in [1.29, 1.82) is 0 Å². The number of esters is 2. The zero-order chi connectivity index (χ0) is 38.9. The molecular formula is C44H85O8P. The van der Waals surface area contributed by atoms with E-state index in [1.165, 1.54) is 154 Å². The topological polar surface area (TPSA) is 119 Å². The maximum atomic E-state index is 12.4. The lowest BCUT2D eigenvalue weighted by molar-refractivity contribution is -0.161. The number of unbranched alkanes of at least 4 members (excludes halogenated alkanes) is 30. The molecule has 0 heterocycles. The molecule has 8 nitrogen and oxygen atoms in total. The van der Waals surface area contributed by atoms with Crippen molar-refractivity contribution in [2.75, 3.05) is 13.2 Å². The molecule has 1 atom stereocenters. The fraction of sp³-hybridized carbons (Fsp3) is 0.909. The van der Waals surface area contributed by atoms with E-state index in [1.807, 2.05) is 0 Å². The Balaban J connectivity index is 3.81. The van der Waals surface area contributed by atoms with Crippen LogP contribution in [0.5, 0.6) is 0 Å². The highest BCUT2D eigenvalue weighted by Crippen LogP contribution is 2.36. The van der Waals surface area contributed by atoms with Crippen LogP contribution in [0, 0.1) is 0 Å². The van der Waals surface area contributed by atoms with Gasteiger partial charge >= 0.3 is 19.8 Å². The second-order valence-corrected chi connectivity index (χ2v) is 16.6. The van der Waals surface area contributed by atoms with Crippen LogP contribution in [0.3, 0.4) is 0 Å². The number of hydrogen-bond acceptors (Lipinski definition) is 6. The van der Waals surface area contributed by atoms with Crippen molar-refractivity contribution in [2.45, 2.75) is 245 Å². The van der Waals surface area contributed by atoms with E-state index in [9.17, 15) is 14.2 Å². The van der Waals surface area contributed by atoms with Crippen LogP contribution in [0.2, 0.25) is 0 Å². The van der Waals surface area contributed by atoms with Crippen molar-refractivity contribution in [2.24, 2.45) is 0 Å². The summed E-state index contributed by atoms with van der Waals surface area (Å²) in [5.74, 6) is -0.881. The van der Waals surface area contributed by atoms with Crippen LogP contribution in [0.4, 0.5) is 0 Å². The SMILES string of the molecule is CCCCCCC/C=C\CCCCCCCC(=O)OC(COC(=O)CCCCCCCCCCCCCCCCCCCCCCC)COP(=O)(O)O. The zero-order valence-electron chi connectivity index (χ0n) is 34.7. The van der Waals surface area contributed by atoms with Crippen molar-refractivity contribution < 1.29 is 37.9 Å². The summed E-state index contributed by atoms with van der Waals surface area (Å²) in [7, 11) is -4.75. The highest BCUT2D eigenvalue weighted by atomic mass is 31.2. The molecule has 0 saturated carbocycles. The Hall–Kier alpha value is -1.21. The van der Waals surface area contributed by atoms with Crippen molar-refractivity contribution in [3.63, 3.8) is 0 Å². The van der Waals surface area contributed by atoms with Crippen LogP contribution in [-0.2, 0) is 28.2 Å². The molecule has 0 aliphatic heterocycles. The van der Waals surface area contributed by atoms with E-state index < -0.39 is 32.5 Å². The van der Waals surface area contributed by atoms with Gasteiger partial charge < -0.3 is 19.3 Å². The van der Waals surface area contributed by atoms with Gasteiger partial charge in [-0.1, -0.05) is 199 Å². The number of carbonyl (C=O) groups excluding carboxylic acids is 2. The molecule has 0 aromatic heterocycles. The number of phosphoric acid groups is 1. The highest BCUT2D eigenvalue weighted by Gasteiger charge is 2.23. The molecule has 0 aromatic carbocycles. The monoisotopic (exact) mass is 773 g/mol. The van der Waals surface area contributed by atoms with Crippen molar-refractivity contribution in [3.05, 3.63) is 12.2 Å². The summed E-state index contributed by atoms with van der Waals surface area (Å²) in [6, 6.07) is 0. The summed E-state index contributed by atoms with van der Waals surface area (Å²) in [6.07, 6.45) is 45.1. The van der Waals surface area contributed by atoms with Crippen LogP contribution in [0.25, 0.3) is 0 Å². The summed E-state index contributed by atoms with van der Waals surface area (Å²) >= 11 is 0. The van der Waals surface area contributed by atoms with E-state index in [-0.39, 0.29) is 19.4 Å². The molecule has 0 fully saturated rings. The van der Waals surface area contributed by atoms with Gasteiger partial charge in [0.2, 0.25) is 0 Å². The first-order valence-corrected chi connectivity index (χ1v) is 24.0. The third-order valence-electron chi connectivity index (χ3n) is 10.0. The second-order valence-electron chi connectivity index (χ2n) is 15.4. The Bertz CT molecular complexity index is 873. The predicted molar refractivity (Wildman–Crippen MR) is 221 cm³/mol. The minimum Gasteiger partial charge on any atom is -0.462 e. The van der Waals surface area contributed by atoms with Crippen LogP contribution in [0.1, 0.15) is 239 Å². The average molecular weight is 773 g/mol. The van der Waals surface area contributed by atoms with E-state index in [2.05, 4.69) is 30.5 Å². The highest BCUT2D eigenvalue weighted by molar-refractivity contribution is 7.46. The molecule has 0 radical (unpaired) electrons. The molecular weight excluding hydrogens is 687 g/mol. The first-order chi connectivity index (χ1) is 25.8. The van der Waals surface area contributed by atoms with E-state index in [0.717, 1.165) is 51.4 Å². The number of carbonyl (C=O) groups is 2. The molecule has 1 unspecified atom stereocenters. The predicted octanol–water partition coefficient (Wildman–Crippen LogP) is 13.8. The molecule has 0 bridgehead atoms. The first-order valence-electron chi connectivity index (χ1n) is 22.5. The first kappa shape index (κ1) is 51.8. The van der Waals surface area contributed by atoms with Gasteiger partial charge in [0, 0.05) is 12.8 Å². The fourth-order valence-corrected chi connectivity index (χ4v) is 7.02. The van der Waals surface area contributed by atoms with Crippen LogP contribution in [0.15, 0.2) is 12.2 Å². The van der Waals surface area contributed by atoms with Gasteiger partial charge in [0.15, 0.2) is 6.10 Å². The van der Waals surface area contributed by atoms with Gasteiger partial charge in [0.05, 0.1) is 6.61 Å². The second kappa shape index (κ2) is 40.5. The number of hydrogen-bond donors (Lipinski definition) is 2. The smallest absolute Gasteiger partial charge is 0.462 e. The molecule has 9 heteroatoms. The quantitative estimate of drug-likeness (QED) is 0.0272. The summed E-state index contributed by atoms with van der Waals surface area (Å²) in [4.78, 5) is 42.9. The van der Waals surface area contributed by atoms with Crippen molar-refractivity contribution in [1.82, 2.24) is 0 Å². The lowest BCUT2D eigenvalue weighted by Gasteiger charge is -2.18.